The minimum Gasteiger partial charge on any atom is -0.445 e. The summed E-state index contributed by atoms with van der Waals surface area (Å²) < 4.78 is 6.83. The van der Waals surface area contributed by atoms with Gasteiger partial charge in [-0.3, -0.25) is 9.59 Å². The van der Waals surface area contributed by atoms with E-state index in [9.17, 15) is 14.4 Å². The molecule has 3 aromatic rings. The second kappa shape index (κ2) is 11.4. The third kappa shape index (κ3) is 6.50. The standard InChI is InChI=1S/C27H30N4O4/c28-23-14-15-31(17-19-8-3-1-4-9-19)26(33)24(23)30-25(32)21-12-7-13-22(16-21)29-27(34)35-18-20-10-5-2-6-11-20/h1-6,8-11,14-15,21-22H,7,12-13,16-18,28H2,(H,29,34)(H,30,32). The van der Waals surface area contributed by atoms with Gasteiger partial charge in [-0.05, 0) is 36.5 Å². The number of ether oxygens (including phenoxy) is 1. The Balaban J connectivity index is 1.35. The lowest BCUT2D eigenvalue weighted by Gasteiger charge is -2.28. The highest BCUT2D eigenvalue weighted by molar-refractivity contribution is 5.95. The maximum Gasteiger partial charge on any atom is 0.407 e. The van der Waals surface area contributed by atoms with Crippen molar-refractivity contribution in [2.45, 2.75) is 44.9 Å². The van der Waals surface area contributed by atoms with Crippen molar-refractivity contribution >= 4 is 23.4 Å². The summed E-state index contributed by atoms with van der Waals surface area (Å²) in [6.07, 6.45) is 3.81. The molecule has 182 valence electrons. The molecule has 35 heavy (non-hydrogen) atoms. The van der Waals surface area contributed by atoms with Crippen molar-refractivity contribution in [3.8, 4) is 0 Å². The number of rotatable bonds is 7. The van der Waals surface area contributed by atoms with Crippen molar-refractivity contribution in [3.05, 3.63) is 94.4 Å². The Morgan fingerprint density at radius 3 is 2.37 bits per heavy atom. The van der Waals surface area contributed by atoms with Crippen molar-refractivity contribution in [2.24, 2.45) is 5.92 Å². The van der Waals surface area contributed by atoms with Crippen LogP contribution in [-0.2, 0) is 22.7 Å². The van der Waals surface area contributed by atoms with Crippen LogP contribution < -0.4 is 21.9 Å². The number of nitrogens with one attached hydrogen (secondary N) is 2. The van der Waals surface area contributed by atoms with E-state index in [4.69, 9.17) is 10.5 Å². The van der Waals surface area contributed by atoms with Crippen LogP contribution >= 0.6 is 0 Å². The van der Waals surface area contributed by atoms with Crippen LogP contribution in [0.15, 0.2) is 77.7 Å². The highest BCUT2D eigenvalue weighted by Crippen LogP contribution is 2.26. The van der Waals surface area contributed by atoms with E-state index >= 15 is 0 Å². The zero-order valence-corrected chi connectivity index (χ0v) is 19.5. The van der Waals surface area contributed by atoms with Gasteiger partial charge in [0.15, 0.2) is 0 Å². The third-order valence-electron chi connectivity index (χ3n) is 6.22. The summed E-state index contributed by atoms with van der Waals surface area (Å²) >= 11 is 0. The molecule has 4 rings (SSSR count). The van der Waals surface area contributed by atoms with Gasteiger partial charge in [0.05, 0.1) is 12.2 Å². The lowest BCUT2D eigenvalue weighted by molar-refractivity contribution is -0.121. The maximum atomic E-state index is 13.0. The normalized spacial score (nSPS) is 17.4. The number of nitrogens with two attached hydrogens (primary N) is 1. The van der Waals surface area contributed by atoms with E-state index in [1.54, 1.807) is 12.3 Å². The number of carbonyl (C=O) groups excluding carboxylic acids is 2. The lowest BCUT2D eigenvalue weighted by atomic mass is 9.85. The van der Waals surface area contributed by atoms with E-state index in [0.717, 1.165) is 24.0 Å². The molecule has 1 saturated carbocycles. The van der Waals surface area contributed by atoms with Crippen LogP contribution in [0.2, 0.25) is 0 Å². The number of pyridine rings is 1. The zero-order chi connectivity index (χ0) is 24.6. The van der Waals surface area contributed by atoms with Gasteiger partial charge in [0.2, 0.25) is 5.91 Å². The summed E-state index contributed by atoms with van der Waals surface area (Å²) in [5.74, 6) is -0.611. The molecule has 0 radical (unpaired) electrons. The minimum absolute atomic E-state index is 0.0887. The number of nitrogen functional groups attached to an aromatic ring is 1. The number of amides is 2. The molecule has 1 fully saturated rings. The van der Waals surface area contributed by atoms with Crippen LogP contribution in [0.25, 0.3) is 0 Å². The van der Waals surface area contributed by atoms with Crippen molar-refractivity contribution in [1.82, 2.24) is 9.88 Å². The Morgan fingerprint density at radius 1 is 0.971 bits per heavy atom. The molecule has 8 nitrogen and oxygen atoms in total. The Bertz CT molecular complexity index is 1210. The van der Waals surface area contributed by atoms with Crippen LogP contribution in [0.3, 0.4) is 0 Å². The highest BCUT2D eigenvalue weighted by atomic mass is 16.5. The van der Waals surface area contributed by atoms with Crippen LogP contribution in [-0.4, -0.2) is 22.6 Å². The molecule has 0 saturated heterocycles. The summed E-state index contributed by atoms with van der Waals surface area (Å²) in [5.41, 5.74) is 7.87. The summed E-state index contributed by atoms with van der Waals surface area (Å²) in [5, 5.41) is 5.62. The van der Waals surface area contributed by atoms with Crippen molar-refractivity contribution in [2.75, 3.05) is 11.1 Å². The van der Waals surface area contributed by atoms with Gasteiger partial charge in [0.1, 0.15) is 12.3 Å². The number of aromatic nitrogens is 1. The number of benzene rings is 2. The molecular weight excluding hydrogens is 444 g/mol. The molecule has 2 unspecified atom stereocenters. The van der Waals surface area contributed by atoms with E-state index < -0.39 is 6.09 Å². The number of hydrogen-bond donors (Lipinski definition) is 3. The van der Waals surface area contributed by atoms with E-state index in [1.807, 2.05) is 60.7 Å². The predicted octanol–water partition coefficient (Wildman–Crippen LogP) is 3.90. The molecule has 1 heterocycles. The molecule has 1 aromatic heterocycles. The fourth-order valence-corrected chi connectivity index (χ4v) is 4.33. The topological polar surface area (TPSA) is 115 Å². The minimum atomic E-state index is -0.504. The average molecular weight is 475 g/mol. The Hall–Kier alpha value is -4.07. The first-order valence-corrected chi connectivity index (χ1v) is 11.8. The first-order valence-electron chi connectivity index (χ1n) is 11.8. The van der Waals surface area contributed by atoms with Crippen LogP contribution in [0.5, 0.6) is 0 Å². The van der Waals surface area contributed by atoms with Crippen molar-refractivity contribution < 1.29 is 14.3 Å². The molecule has 1 aliphatic rings. The van der Waals surface area contributed by atoms with Gasteiger partial charge >= 0.3 is 6.09 Å². The maximum absolute atomic E-state index is 13.0. The molecule has 0 aliphatic heterocycles. The summed E-state index contributed by atoms with van der Waals surface area (Å²) in [4.78, 5) is 38.3. The number of hydrogen-bond acceptors (Lipinski definition) is 5. The van der Waals surface area contributed by atoms with Gasteiger partial charge in [-0.1, -0.05) is 67.1 Å². The number of carbonyl (C=O) groups is 2. The van der Waals surface area contributed by atoms with Crippen LogP contribution in [0, 0.1) is 5.92 Å². The lowest BCUT2D eigenvalue weighted by Crippen LogP contribution is -2.41. The van der Waals surface area contributed by atoms with Gasteiger partial charge < -0.3 is 25.7 Å². The van der Waals surface area contributed by atoms with Gasteiger partial charge in [-0.2, -0.15) is 0 Å². The van der Waals surface area contributed by atoms with E-state index in [1.165, 1.54) is 4.57 Å². The monoisotopic (exact) mass is 474 g/mol. The quantitative estimate of drug-likeness (QED) is 0.480. The molecule has 2 amide bonds. The third-order valence-corrected chi connectivity index (χ3v) is 6.22. The second-order valence-corrected chi connectivity index (χ2v) is 8.82. The van der Waals surface area contributed by atoms with Crippen molar-refractivity contribution in [1.29, 1.82) is 0 Å². The molecule has 8 heteroatoms. The molecule has 2 aromatic carbocycles. The first-order chi connectivity index (χ1) is 17.0. The molecule has 0 bridgehead atoms. The molecular formula is C27H30N4O4. The first kappa shape index (κ1) is 24.1. The Morgan fingerprint density at radius 2 is 1.66 bits per heavy atom. The number of nitrogens with zero attached hydrogens (tertiary/aromatic N) is 1. The van der Waals surface area contributed by atoms with Gasteiger partial charge in [-0.15, -0.1) is 0 Å². The average Bonchev–Trinajstić information content (AvgIpc) is 2.88. The number of alkyl carbamates (subject to hydrolysis) is 1. The van der Waals surface area contributed by atoms with Gasteiger partial charge in [-0.25, -0.2) is 4.79 Å². The molecule has 0 spiro atoms. The van der Waals surface area contributed by atoms with Crippen LogP contribution in [0.1, 0.15) is 36.8 Å². The smallest absolute Gasteiger partial charge is 0.407 e. The SMILES string of the molecule is Nc1ccn(Cc2ccccc2)c(=O)c1NC(=O)C1CCCC(NC(=O)OCc2ccccc2)C1. The van der Waals surface area contributed by atoms with Crippen LogP contribution in [0.4, 0.5) is 16.2 Å². The summed E-state index contributed by atoms with van der Waals surface area (Å²) in [6.45, 7) is 0.565. The van der Waals surface area contributed by atoms with Gasteiger partial charge in [0, 0.05) is 18.2 Å². The number of anilines is 2. The summed E-state index contributed by atoms with van der Waals surface area (Å²) in [6, 6.07) is 20.5. The van der Waals surface area contributed by atoms with Gasteiger partial charge in [0.25, 0.3) is 5.56 Å². The Labute approximate surface area is 204 Å². The van der Waals surface area contributed by atoms with E-state index in [2.05, 4.69) is 10.6 Å². The zero-order valence-electron chi connectivity index (χ0n) is 19.5. The summed E-state index contributed by atoms with van der Waals surface area (Å²) in [7, 11) is 0. The fourth-order valence-electron chi connectivity index (χ4n) is 4.33. The predicted molar refractivity (Wildman–Crippen MR) is 135 cm³/mol. The second-order valence-electron chi connectivity index (χ2n) is 8.82. The van der Waals surface area contributed by atoms with E-state index in [-0.39, 0.29) is 41.4 Å². The fraction of sp³-hybridized carbons (Fsp3) is 0.296. The molecule has 2 atom stereocenters. The highest BCUT2D eigenvalue weighted by Gasteiger charge is 2.29. The Kier molecular flexibility index (Phi) is 7.82. The van der Waals surface area contributed by atoms with Crippen molar-refractivity contribution in [3.63, 3.8) is 0 Å². The van der Waals surface area contributed by atoms with E-state index in [0.29, 0.717) is 19.4 Å². The molecule has 4 N–H and O–H groups in total. The molecule has 1 aliphatic carbocycles. The largest absolute Gasteiger partial charge is 0.445 e.